The van der Waals surface area contributed by atoms with E-state index in [2.05, 4.69) is 10.3 Å². The fourth-order valence-corrected chi connectivity index (χ4v) is 5.07. The van der Waals surface area contributed by atoms with Crippen LogP contribution in [0.2, 0.25) is 0 Å². The number of carbonyl (C=O) groups excluding carboxylic acids is 1. The van der Waals surface area contributed by atoms with Crippen molar-refractivity contribution in [1.29, 1.82) is 0 Å². The molecule has 2 aromatic heterocycles. The number of hydrogen-bond donors (Lipinski definition) is 1. The highest BCUT2D eigenvalue weighted by Gasteiger charge is 2.25. The summed E-state index contributed by atoms with van der Waals surface area (Å²) in [5.74, 6) is -0.0458. The van der Waals surface area contributed by atoms with Crippen molar-refractivity contribution in [3.05, 3.63) is 20.8 Å². The fourth-order valence-electron chi connectivity index (χ4n) is 2.89. The Morgan fingerprint density at radius 3 is 2.75 bits per heavy atom. The van der Waals surface area contributed by atoms with Crippen LogP contribution in [-0.2, 0) is 24.7 Å². The van der Waals surface area contributed by atoms with Gasteiger partial charge >= 0.3 is 0 Å². The topological polar surface area (TPSA) is 64.0 Å². The second kappa shape index (κ2) is 6.19. The number of amides is 1. The molecule has 1 N–H and O–H groups in total. The van der Waals surface area contributed by atoms with Gasteiger partial charge in [-0.15, -0.1) is 11.3 Å². The van der Waals surface area contributed by atoms with Crippen molar-refractivity contribution < 1.29 is 4.79 Å². The van der Waals surface area contributed by atoms with Crippen molar-refractivity contribution in [1.82, 2.24) is 14.9 Å². The van der Waals surface area contributed by atoms with E-state index in [0.717, 1.165) is 29.5 Å². The molecule has 7 heteroatoms. The summed E-state index contributed by atoms with van der Waals surface area (Å²) in [6.45, 7) is 7.71. The highest BCUT2D eigenvalue weighted by atomic mass is 32.2. The predicted octanol–water partition coefficient (Wildman–Crippen LogP) is 2.88. The minimum absolute atomic E-state index is 0.00493. The second-order valence-electron chi connectivity index (χ2n) is 7.30. The van der Waals surface area contributed by atoms with E-state index >= 15 is 0 Å². The summed E-state index contributed by atoms with van der Waals surface area (Å²) < 4.78 is 1.58. The number of nitrogens with one attached hydrogen (secondary N) is 1. The summed E-state index contributed by atoms with van der Waals surface area (Å²) in [6.07, 6.45) is 3.15. The number of carbonyl (C=O) groups is 1. The Kier molecular flexibility index (Phi) is 4.51. The van der Waals surface area contributed by atoms with Gasteiger partial charge < -0.3 is 5.32 Å². The molecule has 2 aromatic rings. The molecule has 5 nitrogen and oxygen atoms in total. The number of rotatable bonds is 3. The summed E-state index contributed by atoms with van der Waals surface area (Å²) in [5.41, 5.74) is 0.924. The molecule has 130 valence electrons. The van der Waals surface area contributed by atoms with Crippen LogP contribution in [0.4, 0.5) is 0 Å². The smallest absolute Gasteiger partial charge is 0.262 e. The van der Waals surface area contributed by atoms with E-state index in [-0.39, 0.29) is 22.3 Å². The van der Waals surface area contributed by atoms with E-state index in [9.17, 15) is 9.59 Å². The average Bonchev–Trinajstić information content (AvgIpc) is 3.02. The van der Waals surface area contributed by atoms with Crippen molar-refractivity contribution in [2.45, 2.75) is 62.9 Å². The fraction of sp³-hybridized carbons (Fsp3) is 0.588. The maximum absolute atomic E-state index is 12.8. The van der Waals surface area contributed by atoms with Crippen LogP contribution in [-0.4, -0.2) is 26.2 Å². The third kappa shape index (κ3) is 3.24. The molecule has 0 spiro atoms. The zero-order valence-electron chi connectivity index (χ0n) is 14.7. The molecule has 0 saturated heterocycles. The zero-order chi connectivity index (χ0) is 17.6. The Bertz CT molecular complexity index is 861. The number of aryl methyl sites for hydroxylation is 2. The Balaban J connectivity index is 1.92. The van der Waals surface area contributed by atoms with Gasteiger partial charge in [-0.2, -0.15) is 0 Å². The van der Waals surface area contributed by atoms with Crippen LogP contribution in [0.1, 0.15) is 44.6 Å². The highest BCUT2D eigenvalue weighted by molar-refractivity contribution is 8.00. The molecule has 0 radical (unpaired) electrons. The van der Waals surface area contributed by atoms with Crippen molar-refractivity contribution >= 4 is 39.2 Å². The van der Waals surface area contributed by atoms with Crippen molar-refractivity contribution in [2.75, 3.05) is 0 Å². The van der Waals surface area contributed by atoms with Crippen LogP contribution in [0.3, 0.4) is 0 Å². The predicted molar refractivity (Wildman–Crippen MR) is 100 cm³/mol. The standard InChI is InChI=1S/C17H23N3O2S2/c1-9(13(21)19-17(2,3)4)23-16-18-14-12(15(22)20(16)5)10-7-6-8-11(10)24-14/h9H,6-8H2,1-5H3,(H,19,21)/t9-/m0/s1. The third-order valence-electron chi connectivity index (χ3n) is 4.05. The van der Waals surface area contributed by atoms with Gasteiger partial charge in [0, 0.05) is 17.5 Å². The maximum atomic E-state index is 12.8. The quantitative estimate of drug-likeness (QED) is 0.671. The lowest BCUT2D eigenvalue weighted by molar-refractivity contribution is -0.121. The van der Waals surface area contributed by atoms with Crippen LogP contribution in [0.15, 0.2) is 9.95 Å². The highest BCUT2D eigenvalue weighted by Crippen LogP contribution is 2.35. The second-order valence-corrected chi connectivity index (χ2v) is 9.69. The van der Waals surface area contributed by atoms with Crippen LogP contribution in [0.5, 0.6) is 0 Å². The van der Waals surface area contributed by atoms with Crippen LogP contribution in [0, 0.1) is 0 Å². The molecule has 0 bridgehead atoms. The monoisotopic (exact) mass is 365 g/mol. The average molecular weight is 366 g/mol. The van der Waals surface area contributed by atoms with Gasteiger partial charge in [-0.3, -0.25) is 14.2 Å². The lowest BCUT2D eigenvalue weighted by Crippen LogP contribution is -2.44. The minimum atomic E-state index is -0.313. The molecule has 3 rings (SSSR count). The normalized spacial score (nSPS) is 15.5. The number of fused-ring (bicyclic) bond motifs is 3. The summed E-state index contributed by atoms with van der Waals surface area (Å²) in [7, 11) is 1.74. The van der Waals surface area contributed by atoms with Crippen LogP contribution < -0.4 is 10.9 Å². The Morgan fingerprint density at radius 2 is 2.08 bits per heavy atom. The van der Waals surface area contributed by atoms with E-state index in [0.29, 0.717) is 5.16 Å². The molecule has 0 unspecified atom stereocenters. The SMILES string of the molecule is C[C@H](Sc1nc2sc3c(c2c(=O)n1C)CCC3)C(=O)NC(C)(C)C. The van der Waals surface area contributed by atoms with E-state index in [1.165, 1.54) is 22.2 Å². The summed E-state index contributed by atoms with van der Waals surface area (Å²) in [5, 5.41) is 4.04. The van der Waals surface area contributed by atoms with Gasteiger partial charge in [-0.25, -0.2) is 4.98 Å². The molecule has 1 amide bonds. The maximum Gasteiger partial charge on any atom is 0.262 e. The molecule has 2 heterocycles. The summed E-state index contributed by atoms with van der Waals surface area (Å²) in [4.78, 5) is 31.9. The molecule has 0 fully saturated rings. The zero-order valence-corrected chi connectivity index (χ0v) is 16.4. The van der Waals surface area contributed by atoms with Gasteiger partial charge in [0.1, 0.15) is 4.83 Å². The van der Waals surface area contributed by atoms with E-state index in [1.54, 1.807) is 23.0 Å². The molecule has 1 aliphatic carbocycles. The number of hydrogen-bond acceptors (Lipinski definition) is 5. The van der Waals surface area contributed by atoms with Crippen molar-refractivity contribution in [3.8, 4) is 0 Å². The Morgan fingerprint density at radius 1 is 1.38 bits per heavy atom. The first kappa shape index (κ1) is 17.5. The Hall–Kier alpha value is -1.34. The molecular weight excluding hydrogens is 342 g/mol. The number of thioether (sulfide) groups is 1. The lowest BCUT2D eigenvalue weighted by atomic mass is 10.1. The molecule has 0 saturated carbocycles. The minimum Gasteiger partial charge on any atom is -0.351 e. The van der Waals surface area contributed by atoms with Gasteiger partial charge in [0.05, 0.1) is 10.6 Å². The Labute approximate surface area is 149 Å². The van der Waals surface area contributed by atoms with Crippen LogP contribution in [0.25, 0.3) is 10.2 Å². The summed E-state index contributed by atoms with van der Waals surface area (Å²) in [6, 6.07) is 0. The van der Waals surface area contributed by atoms with Crippen molar-refractivity contribution in [2.24, 2.45) is 7.05 Å². The van der Waals surface area contributed by atoms with E-state index < -0.39 is 0 Å². The largest absolute Gasteiger partial charge is 0.351 e. The molecular formula is C17H23N3O2S2. The van der Waals surface area contributed by atoms with Gasteiger partial charge in [0.15, 0.2) is 5.16 Å². The van der Waals surface area contributed by atoms with E-state index in [4.69, 9.17) is 0 Å². The number of thiophene rings is 1. The first-order chi connectivity index (χ1) is 11.2. The molecule has 24 heavy (non-hydrogen) atoms. The van der Waals surface area contributed by atoms with Gasteiger partial charge in [0.2, 0.25) is 5.91 Å². The lowest BCUT2D eigenvalue weighted by Gasteiger charge is -2.23. The van der Waals surface area contributed by atoms with Gasteiger partial charge in [-0.1, -0.05) is 11.8 Å². The molecule has 0 aliphatic heterocycles. The number of aromatic nitrogens is 2. The molecule has 0 aromatic carbocycles. The van der Waals surface area contributed by atoms with Gasteiger partial charge in [0.25, 0.3) is 5.56 Å². The van der Waals surface area contributed by atoms with Crippen molar-refractivity contribution in [3.63, 3.8) is 0 Å². The first-order valence-electron chi connectivity index (χ1n) is 8.17. The molecule has 1 aliphatic rings. The van der Waals surface area contributed by atoms with Gasteiger partial charge in [-0.05, 0) is 52.5 Å². The van der Waals surface area contributed by atoms with Crippen LogP contribution >= 0.6 is 23.1 Å². The van der Waals surface area contributed by atoms with E-state index in [1.807, 2.05) is 27.7 Å². The first-order valence-corrected chi connectivity index (χ1v) is 9.87. The number of nitrogens with zero attached hydrogens (tertiary/aromatic N) is 2. The third-order valence-corrected chi connectivity index (χ3v) is 6.38. The summed E-state index contributed by atoms with van der Waals surface area (Å²) >= 11 is 2.97. The molecule has 1 atom stereocenters.